The number of nitrogens with zero attached hydrogens (tertiary/aromatic N) is 3. The Kier molecular flexibility index (Phi) is 5.94. The molecule has 0 saturated heterocycles. The number of amides is 1. The number of rotatable bonds is 7. The summed E-state index contributed by atoms with van der Waals surface area (Å²) >= 11 is 1.18. The first-order valence-corrected chi connectivity index (χ1v) is 10.3. The van der Waals surface area contributed by atoms with Crippen molar-refractivity contribution in [2.45, 2.75) is 19.9 Å². The number of hydrogen-bond acceptors (Lipinski definition) is 9. The lowest BCUT2D eigenvalue weighted by Crippen LogP contribution is -2.29. The van der Waals surface area contributed by atoms with Crippen LogP contribution >= 0.6 is 11.3 Å². The third-order valence-electron chi connectivity index (χ3n) is 4.26. The molecule has 0 radical (unpaired) electrons. The first kappa shape index (κ1) is 20.5. The topological polar surface area (TPSA) is 122 Å². The average molecular weight is 442 g/mol. The Labute approximate surface area is 180 Å². The highest BCUT2D eigenvalue weighted by Crippen LogP contribution is 2.35. The molecule has 1 aliphatic rings. The van der Waals surface area contributed by atoms with Crippen molar-refractivity contribution in [2.75, 3.05) is 18.7 Å². The molecule has 2 aromatic heterocycles. The maximum atomic E-state index is 12.4. The predicted molar refractivity (Wildman–Crippen MR) is 111 cm³/mol. The van der Waals surface area contributed by atoms with Crippen molar-refractivity contribution in [2.24, 2.45) is 0 Å². The average Bonchev–Trinajstić information content (AvgIpc) is 3.38. The van der Waals surface area contributed by atoms with Gasteiger partial charge in [-0.05, 0) is 31.2 Å². The van der Waals surface area contributed by atoms with Gasteiger partial charge in [-0.15, -0.1) is 11.3 Å². The number of esters is 1. The summed E-state index contributed by atoms with van der Waals surface area (Å²) < 4.78 is 16.6. The van der Waals surface area contributed by atoms with E-state index in [9.17, 15) is 14.4 Å². The molecule has 1 amide bonds. The highest BCUT2D eigenvalue weighted by molar-refractivity contribution is 7.13. The summed E-state index contributed by atoms with van der Waals surface area (Å²) in [5.74, 6) is 0.385. The van der Waals surface area contributed by atoms with E-state index in [0.29, 0.717) is 34.6 Å². The van der Waals surface area contributed by atoms with Crippen molar-refractivity contribution >= 4 is 28.3 Å². The molecule has 1 aliphatic heterocycles. The number of fused-ring (bicyclic) bond motifs is 1. The van der Waals surface area contributed by atoms with Crippen LogP contribution in [0.4, 0.5) is 5.13 Å². The summed E-state index contributed by atoms with van der Waals surface area (Å²) in [6.07, 6.45) is 0.0266. The Hall–Kier alpha value is -3.73. The van der Waals surface area contributed by atoms with Gasteiger partial charge in [0, 0.05) is 17.0 Å². The fourth-order valence-corrected chi connectivity index (χ4v) is 3.60. The first-order valence-electron chi connectivity index (χ1n) is 9.40. The van der Waals surface area contributed by atoms with Crippen LogP contribution in [-0.2, 0) is 27.3 Å². The van der Waals surface area contributed by atoms with Crippen LogP contribution in [-0.4, -0.2) is 40.0 Å². The number of carbonyl (C=O) groups is 2. The number of anilines is 1. The van der Waals surface area contributed by atoms with Crippen LogP contribution in [0.1, 0.15) is 12.6 Å². The molecule has 31 heavy (non-hydrogen) atoms. The SMILES string of the molecule is CCOC(=O)Cc1csc(NC(=O)Cn2nc(-c3ccc4c(c3)OCO4)ccc2=O)n1. The Morgan fingerprint density at radius 2 is 2.06 bits per heavy atom. The second-order valence-corrected chi connectivity index (χ2v) is 7.31. The summed E-state index contributed by atoms with van der Waals surface area (Å²) in [7, 11) is 0. The molecule has 0 atom stereocenters. The van der Waals surface area contributed by atoms with Gasteiger partial charge in [-0.2, -0.15) is 5.10 Å². The zero-order valence-electron chi connectivity index (χ0n) is 16.5. The van der Waals surface area contributed by atoms with E-state index in [-0.39, 0.29) is 25.7 Å². The van der Waals surface area contributed by atoms with Crippen LogP contribution in [0, 0.1) is 0 Å². The minimum atomic E-state index is -0.463. The molecule has 3 aromatic rings. The maximum Gasteiger partial charge on any atom is 0.311 e. The molecule has 160 valence electrons. The van der Waals surface area contributed by atoms with Gasteiger partial charge < -0.3 is 19.5 Å². The van der Waals surface area contributed by atoms with E-state index < -0.39 is 11.5 Å². The number of hydrogen-bond donors (Lipinski definition) is 1. The molecule has 1 aromatic carbocycles. The number of carbonyl (C=O) groups excluding carboxylic acids is 2. The van der Waals surface area contributed by atoms with Crippen LogP contribution in [0.25, 0.3) is 11.3 Å². The van der Waals surface area contributed by atoms with Crippen molar-refractivity contribution in [1.29, 1.82) is 0 Å². The molecule has 0 bridgehead atoms. The Balaban J connectivity index is 1.44. The summed E-state index contributed by atoms with van der Waals surface area (Å²) in [5, 5.41) is 8.89. The fourth-order valence-electron chi connectivity index (χ4n) is 2.87. The van der Waals surface area contributed by atoms with Gasteiger partial charge in [0.05, 0.1) is 24.4 Å². The maximum absolute atomic E-state index is 12.4. The highest BCUT2D eigenvalue weighted by Gasteiger charge is 2.16. The normalized spacial score (nSPS) is 11.9. The second-order valence-electron chi connectivity index (χ2n) is 6.46. The monoisotopic (exact) mass is 442 g/mol. The zero-order valence-corrected chi connectivity index (χ0v) is 17.3. The second kappa shape index (κ2) is 8.96. The van der Waals surface area contributed by atoms with Crippen LogP contribution in [0.3, 0.4) is 0 Å². The van der Waals surface area contributed by atoms with E-state index in [0.717, 1.165) is 10.2 Å². The van der Waals surface area contributed by atoms with Crippen molar-refractivity contribution in [1.82, 2.24) is 14.8 Å². The summed E-state index contributed by atoms with van der Waals surface area (Å²) in [4.78, 5) is 40.3. The van der Waals surface area contributed by atoms with Crippen LogP contribution in [0.15, 0.2) is 40.5 Å². The molecule has 4 rings (SSSR count). The standard InChI is InChI=1S/C20H18N4O6S/c1-2-28-19(27)8-13-10-31-20(21-13)22-17(25)9-24-18(26)6-4-14(23-24)12-3-5-15-16(7-12)30-11-29-15/h3-7,10H,2,8-9,11H2,1H3,(H,21,22,25). The minimum absolute atomic E-state index is 0.0266. The summed E-state index contributed by atoms with van der Waals surface area (Å²) in [6.45, 7) is 1.88. The molecular weight excluding hydrogens is 424 g/mol. The van der Waals surface area contributed by atoms with Gasteiger partial charge >= 0.3 is 5.97 Å². The number of ether oxygens (including phenoxy) is 3. The Morgan fingerprint density at radius 3 is 2.90 bits per heavy atom. The molecule has 0 saturated carbocycles. The molecule has 11 heteroatoms. The van der Waals surface area contributed by atoms with E-state index in [2.05, 4.69) is 15.4 Å². The van der Waals surface area contributed by atoms with Gasteiger partial charge in [0.25, 0.3) is 5.56 Å². The number of thiazole rings is 1. The summed E-state index contributed by atoms with van der Waals surface area (Å²) in [5.41, 5.74) is 1.32. The fraction of sp³-hybridized carbons (Fsp3) is 0.250. The van der Waals surface area contributed by atoms with E-state index in [1.807, 2.05) is 0 Å². The van der Waals surface area contributed by atoms with Gasteiger partial charge in [-0.1, -0.05) is 0 Å². The van der Waals surface area contributed by atoms with Crippen LogP contribution in [0.5, 0.6) is 11.5 Å². The van der Waals surface area contributed by atoms with Crippen molar-refractivity contribution in [3.05, 3.63) is 51.8 Å². The number of aromatic nitrogens is 3. The highest BCUT2D eigenvalue weighted by atomic mass is 32.1. The third-order valence-corrected chi connectivity index (χ3v) is 5.06. The van der Waals surface area contributed by atoms with E-state index in [1.165, 1.54) is 17.4 Å². The molecule has 0 aliphatic carbocycles. The lowest BCUT2D eigenvalue weighted by Gasteiger charge is -2.07. The largest absolute Gasteiger partial charge is 0.466 e. The van der Waals surface area contributed by atoms with E-state index in [4.69, 9.17) is 14.2 Å². The Morgan fingerprint density at radius 1 is 1.23 bits per heavy atom. The smallest absolute Gasteiger partial charge is 0.311 e. The molecule has 10 nitrogen and oxygen atoms in total. The van der Waals surface area contributed by atoms with E-state index >= 15 is 0 Å². The first-order chi connectivity index (χ1) is 15.0. The van der Waals surface area contributed by atoms with Crippen molar-refractivity contribution < 1.29 is 23.8 Å². The van der Waals surface area contributed by atoms with E-state index in [1.54, 1.807) is 36.6 Å². The molecule has 0 spiro atoms. The van der Waals surface area contributed by atoms with Gasteiger partial charge in [0.15, 0.2) is 16.6 Å². The Bertz CT molecular complexity index is 1190. The molecule has 1 N–H and O–H groups in total. The summed E-state index contributed by atoms with van der Waals surface area (Å²) in [6, 6.07) is 8.25. The minimum Gasteiger partial charge on any atom is -0.466 e. The molecule has 0 fully saturated rings. The molecule has 0 unspecified atom stereocenters. The molecule has 3 heterocycles. The van der Waals surface area contributed by atoms with Crippen LogP contribution in [0.2, 0.25) is 0 Å². The van der Waals surface area contributed by atoms with Crippen molar-refractivity contribution in [3.8, 4) is 22.8 Å². The van der Waals surface area contributed by atoms with Crippen molar-refractivity contribution in [3.63, 3.8) is 0 Å². The third kappa shape index (κ3) is 4.89. The van der Waals surface area contributed by atoms with Gasteiger partial charge in [0.2, 0.25) is 12.7 Å². The van der Waals surface area contributed by atoms with Crippen LogP contribution < -0.4 is 20.3 Å². The quantitative estimate of drug-likeness (QED) is 0.550. The lowest BCUT2D eigenvalue weighted by atomic mass is 10.1. The van der Waals surface area contributed by atoms with Gasteiger partial charge in [0.1, 0.15) is 6.54 Å². The molecular formula is C20H18N4O6S. The number of nitrogens with one attached hydrogen (secondary N) is 1. The zero-order chi connectivity index (χ0) is 21.8. The predicted octanol–water partition coefficient (Wildman–Crippen LogP) is 1.84. The van der Waals surface area contributed by atoms with Gasteiger partial charge in [-0.25, -0.2) is 9.67 Å². The van der Waals surface area contributed by atoms with Gasteiger partial charge in [-0.3, -0.25) is 14.4 Å². The number of benzene rings is 1. The lowest BCUT2D eigenvalue weighted by molar-refractivity contribution is -0.142.